The molecular formula is C21H24Cl2FN3O2S. The standard InChI is InChI=1S/C21H23ClFN3O2S.ClH/c1-14-17(22)9-10-18-20(14)24-21(29-18)26(12-4-11-25(2)3)19(27)13-28-16-7-5-15(23)6-8-16;/h5-10H,4,11-13H2,1-3H3;1H. The highest BCUT2D eigenvalue weighted by Gasteiger charge is 2.21. The molecule has 3 aromatic rings. The summed E-state index contributed by atoms with van der Waals surface area (Å²) in [7, 11) is 3.99. The summed E-state index contributed by atoms with van der Waals surface area (Å²) in [5.41, 5.74) is 1.71. The number of fused-ring (bicyclic) bond motifs is 1. The van der Waals surface area contributed by atoms with Gasteiger partial charge >= 0.3 is 0 Å². The molecule has 0 spiro atoms. The maximum absolute atomic E-state index is 13.1. The van der Waals surface area contributed by atoms with Crippen LogP contribution < -0.4 is 9.64 Å². The normalized spacial score (nSPS) is 10.9. The lowest BCUT2D eigenvalue weighted by Crippen LogP contribution is -2.36. The van der Waals surface area contributed by atoms with Crippen molar-refractivity contribution in [3.63, 3.8) is 0 Å². The van der Waals surface area contributed by atoms with Crippen molar-refractivity contribution >= 4 is 56.6 Å². The Labute approximate surface area is 190 Å². The van der Waals surface area contributed by atoms with Gasteiger partial charge in [-0.2, -0.15) is 0 Å². The first kappa shape index (κ1) is 24.3. The minimum atomic E-state index is -0.350. The van der Waals surface area contributed by atoms with Gasteiger partial charge in [0, 0.05) is 11.6 Å². The molecule has 0 aliphatic rings. The van der Waals surface area contributed by atoms with Crippen molar-refractivity contribution in [3.8, 4) is 5.75 Å². The van der Waals surface area contributed by atoms with Crippen molar-refractivity contribution in [1.29, 1.82) is 0 Å². The van der Waals surface area contributed by atoms with Crippen molar-refractivity contribution in [2.45, 2.75) is 13.3 Å². The van der Waals surface area contributed by atoms with Gasteiger partial charge in [0.15, 0.2) is 11.7 Å². The van der Waals surface area contributed by atoms with Crippen molar-refractivity contribution < 1.29 is 13.9 Å². The number of benzene rings is 2. The predicted molar refractivity (Wildman–Crippen MR) is 124 cm³/mol. The first-order chi connectivity index (χ1) is 13.8. The molecule has 3 rings (SSSR count). The van der Waals surface area contributed by atoms with Crippen LogP contribution in [0.4, 0.5) is 9.52 Å². The van der Waals surface area contributed by atoms with Gasteiger partial charge in [-0.05, 0) is 75.9 Å². The molecule has 0 saturated carbocycles. The van der Waals surface area contributed by atoms with Crippen molar-refractivity contribution in [2.75, 3.05) is 38.7 Å². The van der Waals surface area contributed by atoms with E-state index in [1.165, 1.54) is 35.6 Å². The molecular weight excluding hydrogens is 448 g/mol. The van der Waals surface area contributed by atoms with Gasteiger partial charge in [-0.1, -0.05) is 22.9 Å². The van der Waals surface area contributed by atoms with E-state index in [1.807, 2.05) is 33.2 Å². The molecule has 0 aliphatic carbocycles. The molecule has 0 aliphatic heterocycles. The Morgan fingerprint density at radius 2 is 1.87 bits per heavy atom. The van der Waals surface area contributed by atoms with Gasteiger partial charge in [0.2, 0.25) is 0 Å². The van der Waals surface area contributed by atoms with Gasteiger partial charge in [-0.25, -0.2) is 9.37 Å². The number of anilines is 1. The third kappa shape index (κ3) is 6.04. The number of aryl methyl sites for hydroxylation is 1. The van der Waals surface area contributed by atoms with Crippen molar-refractivity contribution in [2.24, 2.45) is 0 Å². The molecule has 30 heavy (non-hydrogen) atoms. The SMILES string of the molecule is Cc1c(Cl)ccc2sc(N(CCCN(C)C)C(=O)COc3ccc(F)cc3)nc12.Cl. The zero-order valence-electron chi connectivity index (χ0n) is 17.0. The van der Waals surface area contributed by atoms with Crippen LogP contribution in [-0.4, -0.2) is 49.6 Å². The number of halogens is 3. The molecule has 0 bridgehead atoms. The van der Waals surface area contributed by atoms with Crippen LogP contribution in [0, 0.1) is 12.7 Å². The number of hydrogen-bond acceptors (Lipinski definition) is 5. The smallest absolute Gasteiger partial charge is 0.266 e. The average Bonchev–Trinajstić information content (AvgIpc) is 3.12. The molecule has 1 heterocycles. The van der Waals surface area contributed by atoms with Crippen molar-refractivity contribution in [1.82, 2.24) is 9.88 Å². The summed E-state index contributed by atoms with van der Waals surface area (Å²) >= 11 is 7.67. The van der Waals surface area contributed by atoms with Crippen LogP contribution in [0.3, 0.4) is 0 Å². The van der Waals surface area contributed by atoms with Gasteiger partial charge in [0.25, 0.3) is 5.91 Å². The van der Waals surface area contributed by atoms with Crippen LogP contribution in [0.1, 0.15) is 12.0 Å². The summed E-state index contributed by atoms with van der Waals surface area (Å²) in [6, 6.07) is 9.37. The molecule has 0 fully saturated rings. The third-order valence-corrected chi connectivity index (χ3v) is 5.88. The third-order valence-electron chi connectivity index (χ3n) is 4.43. The minimum Gasteiger partial charge on any atom is -0.484 e. The molecule has 9 heteroatoms. The fraction of sp³-hybridized carbons (Fsp3) is 0.333. The van der Waals surface area contributed by atoms with Crippen LogP contribution in [0.25, 0.3) is 10.2 Å². The fourth-order valence-electron chi connectivity index (χ4n) is 2.83. The average molecular weight is 472 g/mol. The fourth-order valence-corrected chi connectivity index (χ4v) is 4.05. The number of aromatic nitrogens is 1. The van der Waals surface area contributed by atoms with Crippen LogP contribution in [-0.2, 0) is 4.79 Å². The van der Waals surface area contributed by atoms with E-state index in [0.717, 1.165) is 28.7 Å². The van der Waals surface area contributed by atoms with E-state index in [1.54, 1.807) is 4.90 Å². The first-order valence-corrected chi connectivity index (χ1v) is 10.4. The predicted octanol–water partition coefficient (Wildman–Crippen LogP) is 5.18. The molecule has 0 unspecified atom stereocenters. The van der Waals surface area contributed by atoms with Crippen LogP contribution in [0.5, 0.6) is 5.75 Å². The molecule has 2 aromatic carbocycles. The quantitative estimate of drug-likeness (QED) is 0.453. The number of ether oxygens (including phenoxy) is 1. The van der Waals surface area contributed by atoms with Gasteiger partial charge in [0.05, 0.1) is 10.2 Å². The highest BCUT2D eigenvalue weighted by atomic mass is 35.5. The second-order valence-electron chi connectivity index (χ2n) is 6.96. The Bertz CT molecular complexity index is 996. The van der Waals surface area contributed by atoms with E-state index in [9.17, 15) is 9.18 Å². The first-order valence-electron chi connectivity index (χ1n) is 9.24. The second-order valence-corrected chi connectivity index (χ2v) is 8.38. The summed E-state index contributed by atoms with van der Waals surface area (Å²) in [5, 5.41) is 1.27. The van der Waals surface area contributed by atoms with E-state index >= 15 is 0 Å². The summed E-state index contributed by atoms with van der Waals surface area (Å²) in [6.45, 7) is 3.14. The Kier molecular flexibility index (Phi) is 8.85. The highest BCUT2D eigenvalue weighted by molar-refractivity contribution is 7.22. The molecule has 1 amide bonds. The minimum absolute atomic E-state index is 0. The number of amides is 1. The number of nitrogens with zero attached hydrogens (tertiary/aromatic N) is 3. The van der Waals surface area contributed by atoms with Gasteiger partial charge in [-0.15, -0.1) is 12.4 Å². The highest BCUT2D eigenvalue weighted by Crippen LogP contribution is 2.33. The molecule has 162 valence electrons. The molecule has 0 N–H and O–H groups in total. The lowest BCUT2D eigenvalue weighted by Gasteiger charge is -2.21. The lowest BCUT2D eigenvalue weighted by molar-refractivity contribution is -0.120. The van der Waals surface area contributed by atoms with E-state index in [0.29, 0.717) is 22.4 Å². The number of thiazole rings is 1. The van der Waals surface area contributed by atoms with Crippen LogP contribution >= 0.6 is 35.3 Å². The number of carbonyl (C=O) groups excluding carboxylic acids is 1. The summed E-state index contributed by atoms with van der Waals surface area (Å²) < 4.78 is 19.6. The number of rotatable bonds is 8. The van der Waals surface area contributed by atoms with Crippen LogP contribution in [0.15, 0.2) is 36.4 Å². The van der Waals surface area contributed by atoms with Gasteiger partial charge in [0.1, 0.15) is 11.6 Å². The van der Waals surface area contributed by atoms with E-state index in [2.05, 4.69) is 9.88 Å². The molecule has 5 nitrogen and oxygen atoms in total. The van der Waals surface area contributed by atoms with Crippen molar-refractivity contribution in [3.05, 3.63) is 52.8 Å². The Hall–Kier alpha value is -1.93. The Morgan fingerprint density at radius 3 is 2.53 bits per heavy atom. The molecule has 1 aromatic heterocycles. The largest absolute Gasteiger partial charge is 0.484 e. The van der Waals surface area contributed by atoms with E-state index < -0.39 is 0 Å². The maximum atomic E-state index is 13.1. The summed E-state index contributed by atoms with van der Waals surface area (Å²) in [4.78, 5) is 21.3. The Balaban J connectivity index is 0.00000320. The monoisotopic (exact) mass is 471 g/mol. The summed E-state index contributed by atoms with van der Waals surface area (Å²) in [6.07, 6.45) is 0.797. The summed E-state index contributed by atoms with van der Waals surface area (Å²) in [5.74, 6) is -0.103. The zero-order chi connectivity index (χ0) is 21.0. The Morgan fingerprint density at radius 1 is 1.17 bits per heavy atom. The van der Waals surface area contributed by atoms with E-state index in [4.69, 9.17) is 16.3 Å². The van der Waals surface area contributed by atoms with E-state index in [-0.39, 0.29) is 30.7 Å². The maximum Gasteiger partial charge on any atom is 0.266 e. The topological polar surface area (TPSA) is 45.7 Å². The van der Waals surface area contributed by atoms with Crippen LogP contribution in [0.2, 0.25) is 5.02 Å². The molecule has 0 saturated heterocycles. The molecule has 0 radical (unpaired) electrons. The van der Waals surface area contributed by atoms with Gasteiger partial charge in [-0.3, -0.25) is 9.69 Å². The number of hydrogen-bond donors (Lipinski definition) is 0. The van der Waals surface area contributed by atoms with Gasteiger partial charge < -0.3 is 9.64 Å². The number of carbonyl (C=O) groups is 1. The lowest BCUT2D eigenvalue weighted by atomic mass is 10.2. The zero-order valence-corrected chi connectivity index (χ0v) is 19.4. The second kappa shape index (κ2) is 10.9. The molecule has 0 atom stereocenters.